The average Bonchev–Trinajstić information content (AvgIpc) is 2.62. The van der Waals surface area contributed by atoms with Crippen LogP contribution in [0.25, 0.3) is 0 Å². The molecule has 7 heteroatoms. The molecule has 0 radical (unpaired) electrons. The molecule has 2 aromatic rings. The molecule has 0 aliphatic carbocycles. The number of benzene rings is 2. The number of morpholine rings is 1. The number of hydrogen-bond acceptors (Lipinski definition) is 4. The van der Waals surface area contributed by atoms with Crippen molar-refractivity contribution in [3.63, 3.8) is 0 Å². The van der Waals surface area contributed by atoms with Crippen molar-refractivity contribution in [3.05, 3.63) is 64.7 Å². The zero-order valence-electron chi connectivity index (χ0n) is 12.7. The van der Waals surface area contributed by atoms with Crippen molar-refractivity contribution < 1.29 is 13.2 Å². The molecular weight excluding hydrogens is 348 g/mol. The van der Waals surface area contributed by atoms with Gasteiger partial charge in [-0.05, 0) is 18.2 Å². The van der Waals surface area contributed by atoms with E-state index in [1.807, 2.05) is 24.3 Å². The van der Waals surface area contributed by atoms with Crippen molar-refractivity contribution in [1.82, 2.24) is 4.31 Å². The van der Waals surface area contributed by atoms with Crippen molar-refractivity contribution in [1.29, 1.82) is 5.26 Å². The van der Waals surface area contributed by atoms with Crippen LogP contribution in [0.5, 0.6) is 0 Å². The van der Waals surface area contributed by atoms with E-state index in [1.54, 1.807) is 18.2 Å². The molecule has 124 valence electrons. The van der Waals surface area contributed by atoms with Gasteiger partial charge in [-0.1, -0.05) is 41.9 Å². The zero-order valence-corrected chi connectivity index (χ0v) is 14.3. The molecule has 0 spiro atoms. The maximum atomic E-state index is 12.9. The molecule has 1 unspecified atom stereocenters. The van der Waals surface area contributed by atoms with Gasteiger partial charge in [0.1, 0.15) is 6.07 Å². The Kier molecular flexibility index (Phi) is 4.88. The summed E-state index contributed by atoms with van der Waals surface area (Å²) < 4.78 is 32.9. The van der Waals surface area contributed by atoms with E-state index in [1.165, 1.54) is 16.4 Å². The lowest BCUT2D eigenvalue weighted by atomic mass is 10.1. The fourth-order valence-electron chi connectivity index (χ4n) is 2.69. The Morgan fingerprint density at radius 3 is 2.62 bits per heavy atom. The fraction of sp³-hybridized carbons (Fsp3) is 0.235. The van der Waals surface area contributed by atoms with Crippen LogP contribution < -0.4 is 0 Å². The third-order valence-electron chi connectivity index (χ3n) is 3.91. The number of nitrogens with zero attached hydrogens (tertiary/aromatic N) is 2. The highest BCUT2D eigenvalue weighted by Gasteiger charge is 2.33. The average molecular weight is 363 g/mol. The van der Waals surface area contributed by atoms with Crippen molar-refractivity contribution in [2.24, 2.45) is 0 Å². The minimum absolute atomic E-state index is 0.0207. The van der Waals surface area contributed by atoms with Gasteiger partial charge in [-0.3, -0.25) is 0 Å². The molecule has 24 heavy (non-hydrogen) atoms. The van der Waals surface area contributed by atoms with Crippen LogP contribution in [0, 0.1) is 11.3 Å². The number of halogens is 1. The lowest BCUT2D eigenvalue weighted by Crippen LogP contribution is -2.42. The summed E-state index contributed by atoms with van der Waals surface area (Å²) in [5.74, 6) is 0. The Bertz CT molecular complexity index is 893. The topological polar surface area (TPSA) is 70.4 Å². The first-order chi connectivity index (χ1) is 11.5. The summed E-state index contributed by atoms with van der Waals surface area (Å²) in [5, 5.41) is 9.71. The van der Waals surface area contributed by atoms with Crippen LogP contribution in [0.4, 0.5) is 0 Å². The molecule has 1 atom stereocenters. The lowest BCUT2D eigenvalue weighted by Gasteiger charge is -2.32. The van der Waals surface area contributed by atoms with E-state index >= 15 is 0 Å². The summed E-state index contributed by atoms with van der Waals surface area (Å²) in [6.45, 7) is 0.665. The third-order valence-corrected chi connectivity index (χ3v) is 6.17. The minimum Gasteiger partial charge on any atom is -0.371 e. The van der Waals surface area contributed by atoms with E-state index in [0.717, 1.165) is 5.56 Å². The summed E-state index contributed by atoms with van der Waals surface area (Å²) in [7, 11) is -3.77. The molecule has 0 aromatic heterocycles. The Morgan fingerprint density at radius 2 is 1.88 bits per heavy atom. The molecule has 1 aliphatic heterocycles. The van der Waals surface area contributed by atoms with E-state index in [9.17, 15) is 13.7 Å². The molecule has 0 bridgehead atoms. The quantitative estimate of drug-likeness (QED) is 0.841. The zero-order chi connectivity index (χ0) is 17.2. The second-order valence-electron chi connectivity index (χ2n) is 5.35. The molecule has 5 nitrogen and oxygen atoms in total. The second-order valence-corrected chi connectivity index (χ2v) is 7.67. The van der Waals surface area contributed by atoms with Gasteiger partial charge in [0.2, 0.25) is 10.0 Å². The van der Waals surface area contributed by atoms with Crippen LogP contribution in [-0.2, 0) is 14.8 Å². The smallest absolute Gasteiger partial charge is 0.244 e. The van der Waals surface area contributed by atoms with Gasteiger partial charge in [0.05, 0.1) is 23.2 Å². The first-order valence-corrected chi connectivity index (χ1v) is 9.21. The van der Waals surface area contributed by atoms with Gasteiger partial charge >= 0.3 is 0 Å². The number of hydrogen-bond donors (Lipinski definition) is 0. The first-order valence-electron chi connectivity index (χ1n) is 7.39. The Labute approximate surface area is 146 Å². The van der Waals surface area contributed by atoms with Crippen molar-refractivity contribution >= 4 is 21.6 Å². The van der Waals surface area contributed by atoms with Crippen LogP contribution in [0.2, 0.25) is 5.02 Å². The van der Waals surface area contributed by atoms with E-state index in [-0.39, 0.29) is 30.2 Å². The molecule has 0 saturated carbocycles. The Morgan fingerprint density at radius 1 is 1.17 bits per heavy atom. The minimum atomic E-state index is -3.77. The van der Waals surface area contributed by atoms with Crippen molar-refractivity contribution in [2.45, 2.75) is 11.0 Å². The van der Waals surface area contributed by atoms with Gasteiger partial charge in [-0.25, -0.2) is 8.42 Å². The third kappa shape index (κ3) is 3.17. The largest absolute Gasteiger partial charge is 0.371 e. The summed E-state index contributed by atoms with van der Waals surface area (Å²) in [4.78, 5) is 0.0207. The Hall–Kier alpha value is -1.91. The summed E-state index contributed by atoms with van der Waals surface area (Å²) >= 11 is 6.19. The summed E-state index contributed by atoms with van der Waals surface area (Å²) in [6, 6.07) is 15.4. The highest BCUT2D eigenvalue weighted by molar-refractivity contribution is 7.89. The highest BCUT2D eigenvalue weighted by atomic mass is 35.5. The number of ether oxygens (including phenoxy) is 1. The second kappa shape index (κ2) is 6.91. The van der Waals surface area contributed by atoms with Crippen LogP contribution in [0.3, 0.4) is 0 Å². The maximum Gasteiger partial charge on any atom is 0.244 e. The molecule has 1 heterocycles. The van der Waals surface area contributed by atoms with Gasteiger partial charge in [-0.2, -0.15) is 9.57 Å². The van der Waals surface area contributed by atoms with E-state index in [4.69, 9.17) is 16.3 Å². The molecule has 1 aliphatic rings. The highest BCUT2D eigenvalue weighted by Crippen LogP contribution is 2.31. The predicted octanol–water partition coefficient (Wildman–Crippen LogP) is 2.97. The molecule has 2 aromatic carbocycles. The van der Waals surface area contributed by atoms with Gasteiger partial charge in [0.15, 0.2) is 0 Å². The molecule has 3 rings (SSSR count). The van der Waals surface area contributed by atoms with Crippen molar-refractivity contribution in [3.8, 4) is 6.07 Å². The summed E-state index contributed by atoms with van der Waals surface area (Å²) in [6.07, 6.45) is -0.434. The van der Waals surface area contributed by atoms with Gasteiger partial charge in [-0.15, -0.1) is 0 Å². The lowest BCUT2D eigenvalue weighted by molar-refractivity contribution is -0.00250. The predicted molar refractivity (Wildman–Crippen MR) is 90.1 cm³/mol. The normalized spacial score (nSPS) is 18.9. The monoisotopic (exact) mass is 362 g/mol. The Balaban J connectivity index is 1.92. The van der Waals surface area contributed by atoms with E-state index in [0.29, 0.717) is 5.02 Å². The van der Waals surface area contributed by atoms with E-state index < -0.39 is 16.1 Å². The van der Waals surface area contributed by atoms with Crippen LogP contribution in [-0.4, -0.2) is 32.4 Å². The van der Waals surface area contributed by atoms with Gasteiger partial charge in [0.25, 0.3) is 0 Å². The summed E-state index contributed by atoms with van der Waals surface area (Å²) in [5.41, 5.74) is 0.894. The fourth-order valence-corrected chi connectivity index (χ4v) is 4.52. The SMILES string of the molecule is N#Cc1ccccc1S(=O)(=O)N1CCOC(c2ccccc2Cl)C1. The standard InChI is InChI=1S/C17H15ClN2O3S/c18-15-7-3-2-6-14(15)16-12-20(9-10-23-16)24(21,22)17-8-4-1-5-13(17)11-19/h1-8,16H,9-10,12H2. The molecule has 1 fully saturated rings. The number of nitriles is 1. The number of sulfonamides is 1. The van der Waals surface area contributed by atoms with Crippen molar-refractivity contribution in [2.75, 3.05) is 19.7 Å². The number of rotatable bonds is 3. The van der Waals surface area contributed by atoms with Crippen LogP contribution in [0.1, 0.15) is 17.2 Å². The maximum absolute atomic E-state index is 12.9. The van der Waals surface area contributed by atoms with Crippen LogP contribution in [0.15, 0.2) is 53.4 Å². The molecular formula is C17H15ClN2O3S. The molecule has 0 N–H and O–H groups in total. The molecule has 1 saturated heterocycles. The van der Waals surface area contributed by atoms with Gasteiger partial charge < -0.3 is 4.74 Å². The first kappa shape index (κ1) is 16.9. The van der Waals surface area contributed by atoms with E-state index in [2.05, 4.69) is 0 Å². The molecule has 0 amide bonds. The van der Waals surface area contributed by atoms with Gasteiger partial charge in [0, 0.05) is 23.7 Å². The van der Waals surface area contributed by atoms with Crippen LogP contribution >= 0.6 is 11.6 Å².